The number of benzene rings is 2. The van der Waals surface area contributed by atoms with E-state index in [2.05, 4.69) is 62.0 Å². The van der Waals surface area contributed by atoms with Gasteiger partial charge in [-0.1, -0.05) is 0 Å². The minimum Gasteiger partial charge on any atom is -0.497 e. The molecule has 7 heteroatoms. The van der Waals surface area contributed by atoms with Crippen LogP contribution in [0.3, 0.4) is 0 Å². The average Bonchev–Trinajstić information content (AvgIpc) is 3.01. The molecule has 3 rings (SSSR count). The molecular weight excluding hydrogens is 481 g/mol. The Kier molecular flexibility index (Phi) is 6.58. The number of hydrazone groups is 1. The van der Waals surface area contributed by atoms with E-state index >= 15 is 0 Å². The fourth-order valence-corrected chi connectivity index (χ4v) is 3.43. The predicted molar refractivity (Wildman–Crippen MR) is 123 cm³/mol. The number of methoxy groups -OCH3 is 2. The van der Waals surface area contributed by atoms with E-state index < -0.39 is 0 Å². The van der Waals surface area contributed by atoms with Crippen molar-refractivity contribution in [2.45, 2.75) is 13.8 Å². The maximum absolute atomic E-state index is 12.4. The monoisotopic (exact) mass is 503 g/mol. The highest BCUT2D eigenvalue weighted by Crippen LogP contribution is 2.23. The molecule has 1 amide bonds. The molecule has 0 bridgehead atoms. The van der Waals surface area contributed by atoms with Crippen LogP contribution in [0.25, 0.3) is 5.69 Å². The van der Waals surface area contributed by atoms with Gasteiger partial charge in [-0.15, -0.1) is 0 Å². The number of nitrogens with zero attached hydrogens (tertiary/aromatic N) is 2. The van der Waals surface area contributed by atoms with Gasteiger partial charge in [0.2, 0.25) is 0 Å². The Morgan fingerprint density at radius 1 is 1.03 bits per heavy atom. The summed E-state index contributed by atoms with van der Waals surface area (Å²) in [6.07, 6.45) is 1.65. The number of aryl methyl sites for hydroxylation is 1. The Labute approximate surface area is 183 Å². The van der Waals surface area contributed by atoms with E-state index in [0.717, 1.165) is 22.6 Å². The molecular formula is C22H22IN3O3. The summed E-state index contributed by atoms with van der Waals surface area (Å²) < 4.78 is 13.7. The zero-order valence-electron chi connectivity index (χ0n) is 16.7. The molecule has 0 aliphatic rings. The maximum Gasteiger partial charge on any atom is 0.271 e. The van der Waals surface area contributed by atoms with Crippen molar-refractivity contribution in [2.75, 3.05) is 14.2 Å². The molecule has 0 saturated carbocycles. The Balaban J connectivity index is 1.78. The van der Waals surface area contributed by atoms with Crippen molar-refractivity contribution in [3.63, 3.8) is 0 Å². The number of aromatic nitrogens is 1. The van der Waals surface area contributed by atoms with Gasteiger partial charge in [0.25, 0.3) is 5.91 Å². The second-order valence-electron chi connectivity index (χ2n) is 6.44. The van der Waals surface area contributed by atoms with Crippen molar-refractivity contribution in [3.05, 3.63) is 74.6 Å². The molecule has 29 heavy (non-hydrogen) atoms. The zero-order chi connectivity index (χ0) is 21.0. The summed E-state index contributed by atoms with van der Waals surface area (Å²) in [5.74, 6) is 0.740. The molecule has 0 radical (unpaired) electrons. The van der Waals surface area contributed by atoms with Crippen LogP contribution in [0.1, 0.15) is 27.3 Å². The molecule has 1 aromatic heterocycles. The summed E-state index contributed by atoms with van der Waals surface area (Å²) >= 11 is 2.29. The van der Waals surface area contributed by atoms with Gasteiger partial charge in [-0.25, -0.2) is 5.43 Å². The third kappa shape index (κ3) is 4.79. The van der Waals surface area contributed by atoms with E-state index in [1.807, 2.05) is 19.9 Å². The SMILES string of the molecule is COc1cc(OC)cc(C(=O)N/N=C\c2cc(C)n(-c3ccc(I)cc3)c2C)c1. The number of amides is 1. The largest absolute Gasteiger partial charge is 0.497 e. The number of carbonyl (C=O) groups is 1. The van der Waals surface area contributed by atoms with Gasteiger partial charge in [0, 0.05) is 37.8 Å². The van der Waals surface area contributed by atoms with Crippen LogP contribution >= 0.6 is 22.6 Å². The molecule has 0 unspecified atom stereocenters. The summed E-state index contributed by atoms with van der Waals surface area (Å²) in [6.45, 7) is 4.07. The van der Waals surface area contributed by atoms with Crippen molar-refractivity contribution < 1.29 is 14.3 Å². The van der Waals surface area contributed by atoms with Crippen molar-refractivity contribution >= 4 is 34.7 Å². The van der Waals surface area contributed by atoms with E-state index in [0.29, 0.717) is 17.1 Å². The van der Waals surface area contributed by atoms with Crippen molar-refractivity contribution in [1.29, 1.82) is 0 Å². The predicted octanol–water partition coefficient (Wildman–Crippen LogP) is 4.48. The molecule has 2 aromatic carbocycles. The molecule has 1 N–H and O–H groups in total. The van der Waals surface area contributed by atoms with Crippen LogP contribution in [0.4, 0.5) is 0 Å². The van der Waals surface area contributed by atoms with Crippen LogP contribution in [0.15, 0.2) is 53.6 Å². The molecule has 3 aromatic rings. The third-order valence-electron chi connectivity index (χ3n) is 4.54. The van der Waals surface area contributed by atoms with Gasteiger partial charge in [0.1, 0.15) is 11.5 Å². The standard InChI is InChI=1S/C22H22IN3O3/c1-14-9-17(15(2)26(14)19-7-5-18(23)6-8-19)13-24-25-22(27)16-10-20(28-3)12-21(11-16)29-4/h5-13H,1-4H3,(H,25,27)/b24-13-. The van der Waals surface area contributed by atoms with E-state index in [1.165, 1.54) is 17.8 Å². The number of nitrogens with one attached hydrogen (secondary N) is 1. The molecule has 150 valence electrons. The van der Waals surface area contributed by atoms with Gasteiger partial charge < -0.3 is 14.0 Å². The lowest BCUT2D eigenvalue weighted by atomic mass is 10.2. The minimum atomic E-state index is -0.343. The number of halogens is 1. The topological polar surface area (TPSA) is 64.8 Å². The summed E-state index contributed by atoms with van der Waals surface area (Å²) in [6, 6.07) is 15.3. The number of rotatable bonds is 6. The molecule has 0 fully saturated rings. The highest BCUT2D eigenvalue weighted by atomic mass is 127. The van der Waals surface area contributed by atoms with Crippen LogP contribution in [-0.4, -0.2) is 30.9 Å². The van der Waals surface area contributed by atoms with Crippen molar-refractivity contribution in [1.82, 2.24) is 9.99 Å². The first-order chi connectivity index (χ1) is 13.9. The number of ether oxygens (including phenoxy) is 2. The highest BCUT2D eigenvalue weighted by molar-refractivity contribution is 14.1. The summed E-state index contributed by atoms with van der Waals surface area (Å²) in [7, 11) is 3.08. The first-order valence-electron chi connectivity index (χ1n) is 8.94. The lowest BCUT2D eigenvalue weighted by Gasteiger charge is -2.09. The van der Waals surface area contributed by atoms with Crippen LogP contribution in [0.5, 0.6) is 11.5 Å². The second-order valence-corrected chi connectivity index (χ2v) is 7.68. The van der Waals surface area contributed by atoms with Gasteiger partial charge in [-0.2, -0.15) is 5.10 Å². The van der Waals surface area contributed by atoms with Gasteiger partial charge >= 0.3 is 0 Å². The quantitative estimate of drug-likeness (QED) is 0.307. The fourth-order valence-electron chi connectivity index (χ4n) is 3.07. The Bertz CT molecular complexity index is 1030. The van der Waals surface area contributed by atoms with Crippen LogP contribution in [-0.2, 0) is 0 Å². The van der Waals surface area contributed by atoms with E-state index in [4.69, 9.17) is 9.47 Å². The molecule has 0 aliphatic carbocycles. The van der Waals surface area contributed by atoms with Gasteiger partial charge in [-0.05, 0) is 78.9 Å². The zero-order valence-corrected chi connectivity index (χ0v) is 18.9. The second kappa shape index (κ2) is 9.13. The summed E-state index contributed by atoms with van der Waals surface area (Å²) in [4.78, 5) is 12.4. The Hall–Kier alpha value is -2.81. The average molecular weight is 503 g/mol. The van der Waals surface area contributed by atoms with E-state index in [9.17, 15) is 4.79 Å². The number of hydrogen-bond acceptors (Lipinski definition) is 4. The first-order valence-corrected chi connectivity index (χ1v) is 10.0. The highest BCUT2D eigenvalue weighted by Gasteiger charge is 2.11. The van der Waals surface area contributed by atoms with E-state index in [-0.39, 0.29) is 5.91 Å². The minimum absolute atomic E-state index is 0.343. The lowest BCUT2D eigenvalue weighted by Crippen LogP contribution is -2.17. The lowest BCUT2D eigenvalue weighted by molar-refractivity contribution is 0.0954. The number of hydrogen-bond donors (Lipinski definition) is 1. The van der Waals surface area contributed by atoms with Crippen LogP contribution in [0, 0.1) is 17.4 Å². The molecule has 0 spiro atoms. The van der Waals surface area contributed by atoms with Crippen molar-refractivity contribution in [2.24, 2.45) is 5.10 Å². The molecule has 1 heterocycles. The van der Waals surface area contributed by atoms with Gasteiger partial charge in [0.15, 0.2) is 0 Å². The molecule has 0 atom stereocenters. The third-order valence-corrected chi connectivity index (χ3v) is 5.26. The molecule has 0 aliphatic heterocycles. The molecule has 0 saturated heterocycles. The normalized spacial score (nSPS) is 10.9. The molecule has 6 nitrogen and oxygen atoms in total. The summed E-state index contributed by atoms with van der Waals surface area (Å²) in [5, 5.41) is 4.13. The first kappa shape index (κ1) is 20.9. The van der Waals surface area contributed by atoms with Crippen molar-refractivity contribution in [3.8, 4) is 17.2 Å². The van der Waals surface area contributed by atoms with Crippen LogP contribution in [0.2, 0.25) is 0 Å². The number of carbonyl (C=O) groups excluding carboxylic acids is 1. The van der Waals surface area contributed by atoms with Gasteiger partial charge in [-0.3, -0.25) is 4.79 Å². The van der Waals surface area contributed by atoms with E-state index in [1.54, 1.807) is 24.4 Å². The summed E-state index contributed by atoms with van der Waals surface area (Å²) in [5.41, 5.74) is 7.13. The Morgan fingerprint density at radius 2 is 1.66 bits per heavy atom. The Morgan fingerprint density at radius 3 is 2.24 bits per heavy atom. The van der Waals surface area contributed by atoms with Crippen LogP contribution < -0.4 is 14.9 Å². The van der Waals surface area contributed by atoms with Gasteiger partial charge in [0.05, 0.1) is 20.4 Å². The fraction of sp³-hybridized carbons (Fsp3) is 0.182. The maximum atomic E-state index is 12.4. The smallest absolute Gasteiger partial charge is 0.271 e.